The van der Waals surface area contributed by atoms with Crippen LogP contribution in [0.25, 0.3) is 6.08 Å². The fraction of sp³-hybridized carbons (Fsp3) is 0.333. The Labute approximate surface area is 104 Å². The second-order valence-corrected chi connectivity index (χ2v) is 3.96. The summed E-state index contributed by atoms with van der Waals surface area (Å²) >= 11 is 0. The summed E-state index contributed by atoms with van der Waals surface area (Å²) in [6.07, 6.45) is 3.56. The summed E-state index contributed by atoms with van der Waals surface area (Å²) < 4.78 is 10.3. The van der Waals surface area contributed by atoms with Crippen LogP contribution in [0.1, 0.15) is 12.5 Å². The topological polar surface area (TPSA) is 73.6 Å². The number of nitrogens with zero attached hydrogens (tertiary/aromatic N) is 1. The quantitative estimate of drug-likeness (QED) is 0.653. The zero-order chi connectivity index (χ0) is 13.1. The summed E-state index contributed by atoms with van der Waals surface area (Å²) in [7, 11) is 1.82. The highest BCUT2D eigenvalue weighted by Gasteiger charge is 2.21. The number of hydrogen-bond acceptors (Lipinski definition) is 5. The Morgan fingerprint density at radius 3 is 2.72 bits per heavy atom. The highest BCUT2D eigenvalue weighted by molar-refractivity contribution is 5.67. The van der Waals surface area contributed by atoms with E-state index in [1.165, 1.54) is 6.07 Å². The van der Waals surface area contributed by atoms with Gasteiger partial charge in [-0.05, 0) is 20.0 Å². The number of nitrogens with one attached hydrogen (secondary N) is 1. The predicted octanol–water partition coefficient (Wildman–Crippen LogP) is 1.94. The minimum atomic E-state index is -0.425. The van der Waals surface area contributed by atoms with Gasteiger partial charge < -0.3 is 14.8 Å². The van der Waals surface area contributed by atoms with Crippen molar-refractivity contribution in [1.82, 2.24) is 5.32 Å². The van der Waals surface area contributed by atoms with Crippen LogP contribution in [0.2, 0.25) is 0 Å². The summed E-state index contributed by atoms with van der Waals surface area (Å²) in [5.41, 5.74) is 0.519. The van der Waals surface area contributed by atoms with E-state index in [9.17, 15) is 10.1 Å². The first kappa shape index (κ1) is 12.4. The summed E-state index contributed by atoms with van der Waals surface area (Å²) in [6, 6.07) is 3.15. The maximum absolute atomic E-state index is 11.0. The van der Waals surface area contributed by atoms with Gasteiger partial charge in [0.25, 0.3) is 5.69 Å². The van der Waals surface area contributed by atoms with Crippen LogP contribution in [0.4, 0.5) is 5.69 Å². The molecule has 1 atom stereocenters. The van der Waals surface area contributed by atoms with Gasteiger partial charge in [0, 0.05) is 6.04 Å². The minimum Gasteiger partial charge on any atom is -0.454 e. The van der Waals surface area contributed by atoms with Crippen molar-refractivity contribution in [1.29, 1.82) is 0 Å². The zero-order valence-corrected chi connectivity index (χ0v) is 10.2. The van der Waals surface area contributed by atoms with E-state index in [0.29, 0.717) is 17.1 Å². The molecule has 2 rings (SSSR count). The van der Waals surface area contributed by atoms with E-state index in [0.717, 1.165) is 0 Å². The summed E-state index contributed by atoms with van der Waals surface area (Å²) in [5.74, 6) is 0.956. The van der Waals surface area contributed by atoms with Crippen LogP contribution >= 0.6 is 0 Å². The molecule has 0 aliphatic carbocycles. The van der Waals surface area contributed by atoms with Crippen molar-refractivity contribution >= 4 is 11.8 Å². The lowest BCUT2D eigenvalue weighted by Gasteiger charge is -2.04. The maximum atomic E-state index is 11.0. The van der Waals surface area contributed by atoms with E-state index in [1.807, 2.05) is 20.0 Å². The molecule has 0 radical (unpaired) electrons. The van der Waals surface area contributed by atoms with Crippen molar-refractivity contribution in [2.45, 2.75) is 13.0 Å². The molecule has 96 valence electrons. The molecular weight excluding hydrogens is 236 g/mol. The molecule has 1 aliphatic heterocycles. The molecule has 6 heteroatoms. The first-order valence-corrected chi connectivity index (χ1v) is 5.55. The predicted molar refractivity (Wildman–Crippen MR) is 66.8 cm³/mol. The number of nitro benzene ring substituents is 1. The van der Waals surface area contributed by atoms with Crippen molar-refractivity contribution in [3.05, 3.63) is 33.9 Å². The Kier molecular flexibility index (Phi) is 3.47. The van der Waals surface area contributed by atoms with Gasteiger partial charge in [0.15, 0.2) is 11.5 Å². The van der Waals surface area contributed by atoms with Crippen LogP contribution in [-0.4, -0.2) is 24.8 Å². The number of nitro groups is 1. The molecule has 0 spiro atoms. The number of likely N-dealkylation sites (N-methyl/N-ethyl adjacent to an activating group) is 1. The maximum Gasteiger partial charge on any atom is 0.280 e. The third-order valence-electron chi connectivity index (χ3n) is 2.74. The van der Waals surface area contributed by atoms with Crippen LogP contribution in [0.15, 0.2) is 18.2 Å². The van der Waals surface area contributed by atoms with Crippen LogP contribution < -0.4 is 14.8 Å². The SMILES string of the molecule is CNC(C)/C=C/c1cc2c(cc1[N+](=O)[O-])OCO2. The molecule has 1 aromatic carbocycles. The van der Waals surface area contributed by atoms with Crippen molar-refractivity contribution in [3.63, 3.8) is 0 Å². The van der Waals surface area contributed by atoms with Crippen molar-refractivity contribution in [2.75, 3.05) is 13.8 Å². The van der Waals surface area contributed by atoms with Crippen LogP contribution in [0.3, 0.4) is 0 Å². The largest absolute Gasteiger partial charge is 0.454 e. The van der Waals surface area contributed by atoms with E-state index in [1.54, 1.807) is 12.1 Å². The monoisotopic (exact) mass is 250 g/mol. The molecule has 0 saturated heterocycles. The van der Waals surface area contributed by atoms with E-state index in [4.69, 9.17) is 9.47 Å². The Morgan fingerprint density at radius 1 is 1.44 bits per heavy atom. The standard InChI is InChI=1S/C12H14N2O4/c1-8(13-2)3-4-9-5-11-12(18-7-17-11)6-10(9)14(15)16/h3-6,8,13H,7H2,1-2H3/b4-3+. The van der Waals surface area contributed by atoms with Crippen LogP contribution in [0, 0.1) is 10.1 Å². The second-order valence-electron chi connectivity index (χ2n) is 3.96. The lowest BCUT2D eigenvalue weighted by atomic mass is 10.1. The molecular formula is C12H14N2O4. The molecule has 1 aliphatic rings. The van der Waals surface area contributed by atoms with Crippen LogP contribution in [-0.2, 0) is 0 Å². The van der Waals surface area contributed by atoms with Gasteiger partial charge in [-0.1, -0.05) is 12.2 Å². The molecule has 1 N–H and O–H groups in total. The molecule has 0 amide bonds. The summed E-state index contributed by atoms with van der Waals surface area (Å²) in [6.45, 7) is 2.06. The van der Waals surface area contributed by atoms with E-state index in [-0.39, 0.29) is 18.5 Å². The molecule has 1 aromatic rings. The fourth-order valence-corrected chi connectivity index (χ4v) is 1.58. The van der Waals surface area contributed by atoms with E-state index >= 15 is 0 Å². The molecule has 0 bridgehead atoms. The molecule has 18 heavy (non-hydrogen) atoms. The Morgan fingerprint density at radius 2 is 2.11 bits per heavy atom. The number of benzene rings is 1. The molecule has 1 unspecified atom stereocenters. The average molecular weight is 250 g/mol. The first-order chi connectivity index (χ1) is 8.61. The molecule has 1 heterocycles. The van der Waals surface area contributed by atoms with Gasteiger partial charge in [-0.25, -0.2) is 0 Å². The number of fused-ring (bicyclic) bond motifs is 1. The minimum absolute atomic E-state index is 0.0128. The Bertz CT molecular complexity index is 499. The highest BCUT2D eigenvalue weighted by atomic mass is 16.7. The van der Waals surface area contributed by atoms with Gasteiger partial charge in [0.2, 0.25) is 6.79 Å². The van der Waals surface area contributed by atoms with Crippen molar-refractivity contribution in [3.8, 4) is 11.5 Å². The third kappa shape index (κ3) is 2.43. The number of hydrogen-bond donors (Lipinski definition) is 1. The fourth-order valence-electron chi connectivity index (χ4n) is 1.58. The van der Waals surface area contributed by atoms with Gasteiger partial charge in [-0.2, -0.15) is 0 Å². The lowest BCUT2D eigenvalue weighted by molar-refractivity contribution is -0.385. The normalized spacial score (nSPS) is 15.0. The Balaban J connectivity index is 2.38. The lowest BCUT2D eigenvalue weighted by Crippen LogP contribution is -2.17. The third-order valence-corrected chi connectivity index (χ3v) is 2.74. The molecule has 0 saturated carbocycles. The second kappa shape index (κ2) is 5.05. The van der Waals surface area contributed by atoms with Gasteiger partial charge >= 0.3 is 0 Å². The van der Waals surface area contributed by atoms with Gasteiger partial charge in [0.05, 0.1) is 16.6 Å². The average Bonchev–Trinajstić information content (AvgIpc) is 2.81. The zero-order valence-electron chi connectivity index (χ0n) is 10.2. The molecule has 0 fully saturated rings. The summed E-state index contributed by atoms with van der Waals surface area (Å²) in [5, 5.41) is 14.0. The van der Waals surface area contributed by atoms with Gasteiger partial charge in [-0.3, -0.25) is 10.1 Å². The van der Waals surface area contributed by atoms with Crippen molar-refractivity contribution in [2.24, 2.45) is 0 Å². The van der Waals surface area contributed by atoms with E-state index < -0.39 is 4.92 Å². The van der Waals surface area contributed by atoms with Gasteiger partial charge in [0.1, 0.15) is 0 Å². The van der Waals surface area contributed by atoms with Gasteiger partial charge in [-0.15, -0.1) is 0 Å². The number of ether oxygens (including phenoxy) is 2. The van der Waals surface area contributed by atoms with E-state index in [2.05, 4.69) is 5.32 Å². The van der Waals surface area contributed by atoms with Crippen molar-refractivity contribution < 1.29 is 14.4 Å². The number of rotatable bonds is 4. The molecule has 0 aromatic heterocycles. The first-order valence-electron chi connectivity index (χ1n) is 5.55. The van der Waals surface area contributed by atoms with Crippen LogP contribution in [0.5, 0.6) is 11.5 Å². The summed E-state index contributed by atoms with van der Waals surface area (Å²) in [4.78, 5) is 10.6. The Hall–Kier alpha value is -2.08. The molecule has 6 nitrogen and oxygen atoms in total. The smallest absolute Gasteiger partial charge is 0.280 e. The highest BCUT2D eigenvalue weighted by Crippen LogP contribution is 2.38.